The van der Waals surface area contributed by atoms with Crippen LogP contribution in [-0.2, 0) is 16.0 Å². The Morgan fingerprint density at radius 3 is 3.00 bits per heavy atom. The lowest BCUT2D eigenvalue weighted by Crippen LogP contribution is -2.28. The van der Waals surface area contributed by atoms with E-state index in [-0.39, 0.29) is 18.6 Å². The lowest BCUT2D eigenvalue weighted by Gasteiger charge is -2.08. The second-order valence-corrected chi connectivity index (χ2v) is 3.54. The van der Waals surface area contributed by atoms with Gasteiger partial charge in [0.25, 0.3) is 0 Å². The first-order chi connectivity index (χ1) is 7.18. The van der Waals surface area contributed by atoms with E-state index >= 15 is 0 Å². The van der Waals surface area contributed by atoms with Gasteiger partial charge >= 0.3 is 5.97 Å². The van der Waals surface area contributed by atoms with Crippen LogP contribution >= 0.6 is 0 Å². The third kappa shape index (κ3) is 5.22. The molecular formula is C11H17NO3. The van der Waals surface area contributed by atoms with Crippen molar-refractivity contribution >= 4 is 5.97 Å². The highest BCUT2D eigenvalue weighted by Gasteiger charge is 2.04. The van der Waals surface area contributed by atoms with Crippen LogP contribution in [0.5, 0.6) is 0 Å². The summed E-state index contributed by atoms with van der Waals surface area (Å²) < 4.78 is 10.1. The Bertz CT molecular complexity index is 280. The molecule has 0 atom stereocenters. The van der Waals surface area contributed by atoms with Crippen LogP contribution in [0.1, 0.15) is 19.6 Å². The standard InChI is InChI=1S/C11H17NO3/c1-9(2)15-11(13)8-12-6-5-10-4-3-7-14-10/h3-4,7,9,12H,5-6,8H2,1-2H3. The number of furan rings is 1. The maximum absolute atomic E-state index is 11.1. The largest absolute Gasteiger partial charge is 0.469 e. The zero-order valence-electron chi connectivity index (χ0n) is 9.16. The molecule has 0 spiro atoms. The highest BCUT2D eigenvalue weighted by molar-refractivity contribution is 5.71. The zero-order chi connectivity index (χ0) is 11.1. The molecule has 1 rings (SSSR count). The number of nitrogens with one attached hydrogen (secondary N) is 1. The van der Waals surface area contributed by atoms with Crippen molar-refractivity contribution in [3.05, 3.63) is 24.2 Å². The van der Waals surface area contributed by atoms with Crippen molar-refractivity contribution in [3.8, 4) is 0 Å². The van der Waals surface area contributed by atoms with Crippen LogP contribution in [0.25, 0.3) is 0 Å². The number of rotatable bonds is 6. The Balaban J connectivity index is 2.04. The fraction of sp³-hybridized carbons (Fsp3) is 0.545. The Labute approximate surface area is 89.6 Å². The van der Waals surface area contributed by atoms with E-state index in [1.165, 1.54) is 0 Å². The molecule has 84 valence electrons. The van der Waals surface area contributed by atoms with Gasteiger partial charge in [0.05, 0.1) is 18.9 Å². The quantitative estimate of drug-likeness (QED) is 0.570. The monoisotopic (exact) mass is 211 g/mol. The Morgan fingerprint density at radius 1 is 1.60 bits per heavy atom. The second kappa shape index (κ2) is 6.24. The van der Waals surface area contributed by atoms with E-state index in [0.717, 1.165) is 12.2 Å². The van der Waals surface area contributed by atoms with Crippen molar-refractivity contribution in [1.29, 1.82) is 0 Å². The van der Waals surface area contributed by atoms with Gasteiger partial charge in [0.2, 0.25) is 0 Å². The molecule has 1 heterocycles. The van der Waals surface area contributed by atoms with E-state index in [0.29, 0.717) is 6.54 Å². The van der Waals surface area contributed by atoms with Gasteiger partial charge in [-0.3, -0.25) is 4.79 Å². The summed E-state index contributed by atoms with van der Waals surface area (Å²) in [6, 6.07) is 3.76. The second-order valence-electron chi connectivity index (χ2n) is 3.54. The molecule has 4 nitrogen and oxygen atoms in total. The van der Waals surface area contributed by atoms with Crippen LogP contribution in [0, 0.1) is 0 Å². The van der Waals surface area contributed by atoms with Crippen LogP contribution in [0.2, 0.25) is 0 Å². The van der Waals surface area contributed by atoms with Crippen LogP contribution in [0.15, 0.2) is 22.8 Å². The molecule has 1 N–H and O–H groups in total. The van der Waals surface area contributed by atoms with Gasteiger partial charge in [-0.2, -0.15) is 0 Å². The minimum Gasteiger partial charge on any atom is -0.469 e. The van der Waals surface area contributed by atoms with Crippen molar-refractivity contribution in [2.75, 3.05) is 13.1 Å². The predicted molar refractivity (Wildman–Crippen MR) is 56.5 cm³/mol. The van der Waals surface area contributed by atoms with E-state index in [1.54, 1.807) is 6.26 Å². The highest BCUT2D eigenvalue weighted by Crippen LogP contribution is 1.99. The van der Waals surface area contributed by atoms with Crippen molar-refractivity contribution in [2.24, 2.45) is 0 Å². The van der Waals surface area contributed by atoms with Gasteiger partial charge in [0, 0.05) is 13.0 Å². The molecule has 1 aromatic rings. The highest BCUT2D eigenvalue weighted by atomic mass is 16.5. The molecule has 0 unspecified atom stereocenters. The van der Waals surface area contributed by atoms with Crippen molar-refractivity contribution < 1.29 is 13.9 Å². The summed E-state index contributed by atoms with van der Waals surface area (Å²) in [4.78, 5) is 11.1. The van der Waals surface area contributed by atoms with Gasteiger partial charge in [-0.05, 0) is 26.0 Å². The summed E-state index contributed by atoms with van der Waals surface area (Å²) in [5.41, 5.74) is 0. The van der Waals surface area contributed by atoms with Gasteiger partial charge in [0.1, 0.15) is 5.76 Å². The minimum atomic E-state index is -0.218. The van der Waals surface area contributed by atoms with E-state index in [4.69, 9.17) is 9.15 Å². The maximum Gasteiger partial charge on any atom is 0.320 e. The van der Waals surface area contributed by atoms with Gasteiger partial charge < -0.3 is 14.5 Å². The number of esters is 1. The Hall–Kier alpha value is -1.29. The van der Waals surface area contributed by atoms with Crippen molar-refractivity contribution in [1.82, 2.24) is 5.32 Å². The topological polar surface area (TPSA) is 51.5 Å². The molecule has 0 amide bonds. The van der Waals surface area contributed by atoms with E-state index in [2.05, 4.69) is 5.32 Å². The van der Waals surface area contributed by atoms with Crippen LogP contribution in [0.3, 0.4) is 0 Å². The van der Waals surface area contributed by atoms with E-state index in [1.807, 2.05) is 26.0 Å². The summed E-state index contributed by atoms with van der Waals surface area (Å²) in [6.45, 7) is 4.63. The third-order valence-electron chi connectivity index (χ3n) is 1.76. The molecule has 0 radical (unpaired) electrons. The first-order valence-corrected chi connectivity index (χ1v) is 5.11. The van der Waals surface area contributed by atoms with Gasteiger partial charge in [0.15, 0.2) is 0 Å². The summed E-state index contributed by atoms with van der Waals surface area (Å²) in [7, 11) is 0. The number of ether oxygens (including phenoxy) is 1. The molecule has 4 heteroatoms. The zero-order valence-corrected chi connectivity index (χ0v) is 9.16. The summed E-state index contributed by atoms with van der Waals surface area (Å²) in [6.07, 6.45) is 2.37. The predicted octanol–water partition coefficient (Wildman–Crippen LogP) is 1.36. The fourth-order valence-corrected chi connectivity index (χ4v) is 1.16. The van der Waals surface area contributed by atoms with Gasteiger partial charge in [-0.15, -0.1) is 0 Å². The molecule has 0 aromatic carbocycles. The maximum atomic E-state index is 11.1. The molecule has 1 aromatic heterocycles. The Morgan fingerprint density at radius 2 is 2.40 bits per heavy atom. The smallest absolute Gasteiger partial charge is 0.320 e. The third-order valence-corrected chi connectivity index (χ3v) is 1.76. The molecule has 15 heavy (non-hydrogen) atoms. The molecule has 0 saturated heterocycles. The lowest BCUT2D eigenvalue weighted by atomic mass is 10.3. The van der Waals surface area contributed by atoms with Crippen LogP contribution in [-0.4, -0.2) is 25.2 Å². The van der Waals surface area contributed by atoms with Crippen LogP contribution < -0.4 is 5.32 Å². The lowest BCUT2D eigenvalue weighted by molar-refractivity contribution is -0.146. The molecule has 0 saturated carbocycles. The normalized spacial score (nSPS) is 10.6. The van der Waals surface area contributed by atoms with Gasteiger partial charge in [-0.1, -0.05) is 0 Å². The molecule has 0 bridgehead atoms. The number of hydrogen-bond donors (Lipinski definition) is 1. The first-order valence-electron chi connectivity index (χ1n) is 5.11. The average Bonchev–Trinajstić information content (AvgIpc) is 2.63. The van der Waals surface area contributed by atoms with Gasteiger partial charge in [-0.25, -0.2) is 0 Å². The van der Waals surface area contributed by atoms with Crippen LogP contribution in [0.4, 0.5) is 0 Å². The first kappa shape index (κ1) is 11.8. The Kier molecular flexibility index (Phi) is 4.90. The summed E-state index contributed by atoms with van der Waals surface area (Å²) in [5, 5.41) is 2.99. The minimum absolute atomic E-state index is 0.0515. The number of carbonyl (C=O) groups is 1. The summed E-state index contributed by atoms with van der Waals surface area (Å²) in [5.74, 6) is 0.698. The molecule has 0 fully saturated rings. The van der Waals surface area contributed by atoms with E-state index < -0.39 is 0 Å². The number of hydrogen-bond acceptors (Lipinski definition) is 4. The molecule has 0 aliphatic carbocycles. The van der Waals surface area contributed by atoms with E-state index in [9.17, 15) is 4.79 Å². The molecule has 0 aliphatic heterocycles. The molecular weight excluding hydrogens is 194 g/mol. The SMILES string of the molecule is CC(C)OC(=O)CNCCc1ccco1. The fourth-order valence-electron chi connectivity index (χ4n) is 1.16. The van der Waals surface area contributed by atoms with Crippen molar-refractivity contribution in [2.45, 2.75) is 26.4 Å². The average molecular weight is 211 g/mol. The molecule has 0 aliphatic rings. The summed E-state index contributed by atoms with van der Waals surface area (Å²) >= 11 is 0. The number of carbonyl (C=O) groups excluding carboxylic acids is 1. The van der Waals surface area contributed by atoms with Crippen molar-refractivity contribution in [3.63, 3.8) is 0 Å².